The quantitative estimate of drug-likeness (QED) is 0.206. The first-order valence-electron chi connectivity index (χ1n) is 15.4. The zero-order valence-electron chi connectivity index (χ0n) is 24.6. The summed E-state index contributed by atoms with van der Waals surface area (Å²) in [5, 5.41) is 9.11. The molecule has 0 amide bonds. The fourth-order valence-corrected chi connectivity index (χ4v) is 7.00. The molecule has 3 aromatic heterocycles. The number of rotatable bonds is 3. The highest BCUT2D eigenvalue weighted by atomic mass is 16.3. The Kier molecular flexibility index (Phi) is 5.22. The van der Waals surface area contributed by atoms with E-state index in [0.717, 1.165) is 60.3 Å². The Morgan fingerprint density at radius 2 is 1.11 bits per heavy atom. The summed E-state index contributed by atoms with van der Waals surface area (Å²) in [6, 6.07) is 50.3. The van der Waals surface area contributed by atoms with Crippen molar-refractivity contribution in [2.75, 3.05) is 0 Å². The van der Waals surface area contributed by atoms with E-state index in [9.17, 15) is 0 Å². The van der Waals surface area contributed by atoms with Gasteiger partial charge in [0.25, 0.3) is 0 Å². The first-order chi connectivity index (χ1) is 22.8. The van der Waals surface area contributed by atoms with Crippen LogP contribution in [0.4, 0.5) is 0 Å². The average Bonchev–Trinajstić information content (AvgIpc) is 3.68. The Bertz CT molecular complexity index is 2810. The third kappa shape index (κ3) is 3.60. The van der Waals surface area contributed by atoms with Crippen LogP contribution in [0.15, 0.2) is 150 Å². The molecule has 5 nitrogen and oxygen atoms in total. The van der Waals surface area contributed by atoms with Gasteiger partial charge in [-0.05, 0) is 45.8 Å². The van der Waals surface area contributed by atoms with E-state index in [4.69, 9.17) is 19.4 Å². The summed E-state index contributed by atoms with van der Waals surface area (Å²) in [7, 11) is 0. The number of fused-ring (bicyclic) bond motifs is 10. The molecule has 214 valence electrons. The van der Waals surface area contributed by atoms with Gasteiger partial charge in [-0.2, -0.15) is 9.97 Å². The largest absolute Gasteiger partial charge is 0.455 e. The van der Waals surface area contributed by atoms with Crippen LogP contribution in [0.1, 0.15) is 0 Å². The first kappa shape index (κ1) is 25.0. The number of furan rings is 1. The summed E-state index contributed by atoms with van der Waals surface area (Å²) >= 11 is 0. The van der Waals surface area contributed by atoms with E-state index in [-0.39, 0.29) is 0 Å². The Morgan fingerprint density at radius 3 is 1.96 bits per heavy atom. The average molecular weight is 589 g/mol. The monoisotopic (exact) mass is 588 g/mol. The molecule has 7 aromatic carbocycles. The van der Waals surface area contributed by atoms with Crippen LogP contribution < -0.4 is 0 Å². The summed E-state index contributed by atoms with van der Waals surface area (Å²) in [6.07, 6.45) is 0. The highest BCUT2D eigenvalue weighted by Crippen LogP contribution is 2.41. The molecule has 10 rings (SSSR count). The minimum Gasteiger partial charge on any atom is -0.455 e. The van der Waals surface area contributed by atoms with Crippen LogP contribution in [-0.2, 0) is 0 Å². The van der Waals surface area contributed by atoms with Crippen LogP contribution in [0.3, 0.4) is 0 Å². The Hall–Kier alpha value is -6.33. The van der Waals surface area contributed by atoms with Gasteiger partial charge in [0.15, 0.2) is 11.6 Å². The summed E-state index contributed by atoms with van der Waals surface area (Å²) in [5.74, 6) is 1.72. The van der Waals surface area contributed by atoms with Gasteiger partial charge in [0.05, 0.1) is 16.6 Å². The van der Waals surface area contributed by atoms with Gasteiger partial charge in [0.1, 0.15) is 11.2 Å². The van der Waals surface area contributed by atoms with Crippen molar-refractivity contribution < 1.29 is 4.42 Å². The predicted molar refractivity (Wildman–Crippen MR) is 187 cm³/mol. The molecule has 46 heavy (non-hydrogen) atoms. The van der Waals surface area contributed by atoms with Gasteiger partial charge in [-0.15, -0.1) is 0 Å². The summed E-state index contributed by atoms with van der Waals surface area (Å²) in [5.41, 5.74) is 5.43. The summed E-state index contributed by atoms with van der Waals surface area (Å²) in [4.78, 5) is 15.5. The van der Waals surface area contributed by atoms with E-state index in [1.807, 2.05) is 42.5 Å². The number of hydrogen-bond acceptors (Lipinski definition) is 4. The lowest BCUT2D eigenvalue weighted by Crippen LogP contribution is -2.06. The molecular formula is C41H24N4O. The number of aromatic nitrogens is 4. The van der Waals surface area contributed by atoms with E-state index in [2.05, 4.69) is 108 Å². The van der Waals surface area contributed by atoms with Gasteiger partial charge in [-0.25, -0.2) is 4.98 Å². The van der Waals surface area contributed by atoms with Crippen molar-refractivity contribution in [3.63, 3.8) is 0 Å². The van der Waals surface area contributed by atoms with Crippen LogP contribution in [-0.4, -0.2) is 19.5 Å². The van der Waals surface area contributed by atoms with Crippen LogP contribution >= 0.6 is 0 Å². The number of benzene rings is 7. The van der Waals surface area contributed by atoms with Crippen molar-refractivity contribution in [1.29, 1.82) is 0 Å². The van der Waals surface area contributed by atoms with E-state index < -0.39 is 0 Å². The number of hydrogen-bond donors (Lipinski definition) is 0. The molecule has 0 aliphatic carbocycles. The molecule has 0 bridgehead atoms. The van der Waals surface area contributed by atoms with Crippen molar-refractivity contribution in [1.82, 2.24) is 19.5 Å². The smallest absolute Gasteiger partial charge is 0.238 e. The summed E-state index contributed by atoms with van der Waals surface area (Å²) < 4.78 is 8.78. The van der Waals surface area contributed by atoms with Crippen molar-refractivity contribution in [3.8, 4) is 28.7 Å². The lowest BCUT2D eigenvalue weighted by atomic mass is 10.00. The van der Waals surface area contributed by atoms with Crippen LogP contribution in [0.2, 0.25) is 0 Å². The molecule has 0 spiro atoms. The van der Waals surface area contributed by atoms with E-state index in [1.165, 1.54) is 16.2 Å². The second-order valence-electron chi connectivity index (χ2n) is 11.6. The Morgan fingerprint density at radius 1 is 0.457 bits per heavy atom. The van der Waals surface area contributed by atoms with Gasteiger partial charge in [0.2, 0.25) is 5.95 Å². The lowest BCUT2D eigenvalue weighted by Gasteiger charge is -2.12. The van der Waals surface area contributed by atoms with E-state index >= 15 is 0 Å². The van der Waals surface area contributed by atoms with E-state index in [1.54, 1.807) is 0 Å². The molecule has 5 heteroatoms. The number of nitrogens with zero attached hydrogens (tertiary/aromatic N) is 4. The van der Waals surface area contributed by atoms with Crippen molar-refractivity contribution in [2.24, 2.45) is 0 Å². The maximum Gasteiger partial charge on any atom is 0.238 e. The molecule has 0 N–H and O–H groups in total. The van der Waals surface area contributed by atoms with E-state index in [0.29, 0.717) is 17.6 Å². The normalized spacial score (nSPS) is 11.9. The minimum atomic E-state index is 0.558. The van der Waals surface area contributed by atoms with Gasteiger partial charge in [0, 0.05) is 27.1 Å². The number of para-hydroxylation sites is 2. The third-order valence-corrected chi connectivity index (χ3v) is 9.03. The fourth-order valence-electron chi connectivity index (χ4n) is 7.00. The Balaban J connectivity index is 1.34. The molecule has 0 radical (unpaired) electrons. The maximum atomic E-state index is 6.60. The maximum absolute atomic E-state index is 6.60. The zero-order chi connectivity index (χ0) is 30.2. The molecular weight excluding hydrogens is 564 g/mol. The molecule has 0 fully saturated rings. The molecule has 3 heterocycles. The molecule has 0 atom stereocenters. The lowest BCUT2D eigenvalue weighted by molar-refractivity contribution is 0.669. The molecule has 0 unspecified atom stereocenters. The van der Waals surface area contributed by atoms with Crippen LogP contribution in [0.5, 0.6) is 0 Å². The SMILES string of the molecule is c1ccc(-c2nc(-c3cc4ccccc4c4c3oc3ccccc34)nc(-n3c4ccccc4c4c5ccccc5ccc43)n2)cc1. The van der Waals surface area contributed by atoms with Crippen LogP contribution in [0.25, 0.3) is 94.0 Å². The standard InChI is InChI=1S/C41H24N4O/c1-2-13-26(14-3-1)39-42-40(32-24-27-15-5-7-17-29(27)37-31-19-9-11-21-35(31)46-38(32)37)44-41(43-39)45-33-20-10-8-18-30(33)36-28-16-6-4-12-25(28)22-23-34(36)45/h1-24H. The van der Waals surface area contributed by atoms with Crippen LogP contribution in [0, 0.1) is 0 Å². The third-order valence-electron chi connectivity index (χ3n) is 9.03. The fraction of sp³-hybridized carbons (Fsp3) is 0. The highest BCUT2D eigenvalue weighted by molar-refractivity contribution is 6.23. The van der Waals surface area contributed by atoms with Gasteiger partial charge in [-0.3, -0.25) is 4.57 Å². The summed E-state index contributed by atoms with van der Waals surface area (Å²) in [6.45, 7) is 0. The Labute approximate surface area is 263 Å². The predicted octanol–water partition coefficient (Wildman–Crippen LogP) is 10.5. The second kappa shape index (κ2) is 9.58. The topological polar surface area (TPSA) is 56.7 Å². The van der Waals surface area contributed by atoms with Gasteiger partial charge in [-0.1, -0.05) is 121 Å². The molecule has 0 saturated carbocycles. The molecule has 0 aliphatic heterocycles. The highest BCUT2D eigenvalue weighted by Gasteiger charge is 2.22. The molecule has 10 aromatic rings. The zero-order valence-corrected chi connectivity index (χ0v) is 24.6. The molecule has 0 saturated heterocycles. The van der Waals surface area contributed by atoms with Crippen molar-refractivity contribution in [3.05, 3.63) is 146 Å². The van der Waals surface area contributed by atoms with Gasteiger partial charge < -0.3 is 4.42 Å². The second-order valence-corrected chi connectivity index (χ2v) is 11.6. The molecule has 0 aliphatic rings. The van der Waals surface area contributed by atoms with Crippen molar-refractivity contribution >= 4 is 65.3 Å². The first-order valence-corrected chi connectivity index (χ1v) is 15.4. The minimum absolute atomic E-state index is 0.558. The van der Waals surface area contributed by atoms with Crippen molar-refractivity contribution in [2.45, 2.75) is 0 Å². The van der Waals surface area contributed by atoms with Gasteiger partial charge >= 0.3 is 0 Å².